The maximum Gasteiger partial charge on any atom is 0.295 e. The van der Waals surface area contributed by atoms with Gasteiger partial charge in [-0.15, -0.1) is 0 Å². The van der Waals surface area contributed by atoms with E-state index in [1.807, 2.05) is 25.1 Å². The largest absolute Gasteiger partial charge is 0.507 e. The summed E-state index contributed by atoms with van der Waals surface area (Å²) >= 11 is 0. The number of aliphatic hydroxyl groups excluding tert-OH is 1. The summed E-state index contributed by atoms with van der Waals surface area (Å²) in [5.41, 5.74) is 1.25. The predicted octanol–water partition coefficient (Wildman–Crippen LogP) is 3.24. The van der Waals surface area contributed by atoms with Crippen LogP contribution in [0.2, 0.25) is 0 Å². The van der Waals surface area contributed by atoms with Crippen LogP contribution in [0.25, 0.3) is 5.76 Å². The fraction of sp³-hybridized carbons (Fsp3) is 0.375. The standard InChI is InChI=1S/C24H29N3O4/c1-4-5-15-31-19-8-6-7-18(16-19)22(28)20-21(17-9-11-25-12-10-17)27(14-13-26(2)3)24(30)23(20)29/h6-12,16,21,28H,4-5,13-15H2,1-3H3. The van der Waals surface area contributed by atoms with Crippen LogP contribution in [0.5, 0.6) is 5.75 Å². The molecule has 1 amide bonds. The molecule has 0 bridgehead atoms. The van der Waals surface area contributed by atoms with Crippen molar-refractivity contribution < 1.29 is 19.4 Å². The van der Waals surface area contributed by atoms with E-state index in [-0.39, 0.29) is 11.3 Å². The Morgan fingerprint density at radius 3 is 2.61 bits per heavy atom. The number of ether oxygens (including phenoxy) is 1. The molecule has 31 heavy (non-hydrogen) atoms. The third-order valence-corrected chi connectivity index (χ3v) is 5.22. The summed E-state index contributed by atoms with van der Waals surface area (Å²) in [6.45, 7) is 3.61. The topological polar surface area (TPSA) is 83.0 Å². The monoisotopic (exact) mass is 423 g/mol. The Hall–Kier alpha value is -3.19. The number of aromatic nitrogens is 1. The normalized spacial score (nSPS) is 18.1. The number of hydrogen-bond donors (Lipinski definition) is 1. The van der Waals surface area contributed by atoms with Crippen LogP contribution in [-0.4, -0.2) is 65.4 Å². The van der Waals surface area contributed by atoms with E-state index in [9.17, 15) is 14.7 Å². The average Bonchev–Trinajstić information content (AvgIpc) is 3.03. The SMILES string of the molecule is CCCCOc1cccc(C(O)=C2C(=O)C(=O)N(CCN(C)C)C2c2ccncc2)c1. The number of ketones is 1. The van der Waals surface area contributed by atoms with Crippen molar-refractivity contribution in [3.8, 4) is 5.75 Å². The molecule has 0 saturated carbocycles. The maximum atomic E-state index is 13.0. The Bertz CT molecular complexity index is 956. The van der Waals surface area contributed by atoms with E-state index in [1.54, 1.807) is 42.7 Å². The van der Waals surface area contributed by atoms with Crippen LogP contribution in [0.15, 0.2) is 54.4 Å². The highest BCUT2D eigenvalue weighted by atomic mass is 16.5. The number of likely N-dealkylation sites (N-methyl/N-ethyl adjacent to an activating group) is 1. The molecule has 0 radical (unpaired) electrons. The summed E-state index contributed by atoms with van der Waals surface area (Å²) in [6, 6.07) is 9.82. The lowest BCUT2D eigenvalue weighted by atomic mass is 9.96. The molecule has 1 aliphatic rings. The van der Waals surface area contributed by atoms with Gasteiger partial charge in [0.2, 0.25) is 0 Å². The molecule has 1 saturated heterocycles. The minimum absolute atomic E-state index is 0.0839. The Kier molecular flexibility index (Phi) is 7.41. The van der Waals surface area contributed by atoms with E-state index in [1.165, 1.54) is 4.90 Å². The van der Waals surface area contributed by atoms with Crippen molar-refractivity contribution >= 4 is 17.4 Å². The number of nitrogens with zero attached hydrogens (tertiary/aromatic N) is 3. The number of Topliss-reactive ketones (excluding diaryl/α,β-unsaturated/α-hetero) is 1. The van der Waals surface area contributed by atoms with Gasteiger partial charge >= 0.3 is 0 Å². The van der Waals surface area contributed by atoms with Crippen molar-refractivity contribution in [2.45, 2.75) is 25.8 Å². The quantitative estimate of drug-likeness (QED) is 0.289. The highest BCUT2D eigenvalue weighted by molar-refractivity contribution is 6.46. The predicted molar refractivity (Wildman–Crippen MR) is 119 cm³/mol. The van der Waals surface area contributed by atoms with E-state index in [4.69, 9.17) is 4.74 Å². The molecular weight excluding hydrogens is 394 g/mol. The number of carbonyl (C=O) groups excluding carboxylic acids is 2. The summed E-state index contributed by atoms with van der Waals surface area (Å²) in [5, 5.41) is 11.1. The molecule has 1 atom stereocenters. The third-order valence-electron chi connectivity index (χ3n) is 5.22. The number of rotatable bonds is 9. The van der Waals surface area contributed by atoms with Crippen LogP contribution in [0.1, 0.15) is 36.9 Å². The Morgan fingerprint density at radius 2 is 1.94 bits per heavy atom. The number of amides is 1. The molecule has 2 aromatic rings. The van der Waals surface area contributed by atoms with Crippen LogP contribution in [0, 0.1) is 0 Å². The van der Waals surface area contributed by atoms with Gasteiger partial charge in [-0.1, -0.05) is 25.5 Å². The van der Waals surface area contributed by atoms with Gasteiger partial charge in [-0.25, -0.2) is 0 Å². The van der Waals surface area contributed by atoms with Gasteiger partial charge in [0.1, 0.15) is 11.5 Å². The number of aliphatic hydroxyl groups is 1. The van der Waals surface area contributed by atoms with Crippen LogP contribution >= 0.6 is 0 Å². The molecule has 1 aromatic carbocycles. The molecule has 2 heterocycles. The molecule has 164 valence electrons. The summed E-state index contributed by atoms with van der Waals surface area (Å²) in [4.78, 5) is 33.3. The molecule has 0 spiro atoms. The van der Waals surface area contributed by atoms with Gasteiger partial charge in [0.05, 0.1) is 18.2 Å². The van der Waals surface area contributed by atoms with Gasteiger partial charge in [-0.3, -0.25) is 14.6 Å². The first-order chi connectivity index (χ1) is 14.9. The molecular formula is C24H29N3O4. The van der Waals surface area contributed by atoms with Crippen molar-refractivity contribution in [2.75, 3.05) is 33.8 Å². The zero-order valence-electron chi connectivity index (χ0n) is 18.2. The molecule has 1 unspecified atom stereocenters. The Balaban J connectivity index is 2.03. The Labute approximate surface area is 183 Å². The first-order valence-corrected chi connectivity index (χ1v) is 10.5. The summed E-state index contributed by atoms with van der Waals surface area (Å²) in [7, 11) is 3.81. The second kappa shape index (κ2) is 10.2. The maximum absolute atomic E-state index is 13.0. The molecule has 7 heteroatoms. The van der Waals surface area contributed by atoms with E-state index in [0.29, 0.717) is 31.0 Å². The second-order valence-electron chi connectivity index (χ2n) is 7.81. The molecule has 3 rings (SSSR count). The number of carbonyl (C=O) groups is 2. The van der Waals surface area contributed by atoms with Crippen molar-refractivity contribution in [3.63, 3.8) is 0 Å². The average molecular weight is 424 g/mol. The van der Waals surface area contributed by atoms with Gasteiger partial charge in [0.25, 0.3) is 11.7 Å². The fourth-order valence-corrected chi connectivity index (χ4v) is 3.53. The minimum atomic E-state index is -0.685. The summed E-state index contributed by atoms with van der Waals surface area (Å²) in [6.07, 6.45) is 5.17. The molecule has 1 aliphatic heterocycles. The van der Waals surface area contributed by atoms with Crippen LogP contribution < -0.4 is 4.74 Å². The van der Waals surface area contributed by atoms with Crippen LogP contribution in [0.4, 0.5) is 0 Å². The highest BCUT2D eigenvalue weighted by Crippen LogP contribution is 2.39. The van der Waals surface area contributed by atoms with Crippen molar-refractivity contribution in [3.05, 3.63) is 65.5 Å². The molecule has 0 aliphatic carbocycles. The zero-order valence-corrected chi connectivity index (χ0v) is 18.2. The van der Waals surface area contributed by atoms with Gasteiger partial charge in [0, 0.05) is 31.0 Å². The van der Waals surface area contributed by atoms with Crippen molar-refractivity contribution in [1.82, 2.24) is 14.8 Å². The number of likely N-dealkylation sites (tertiary alicyclic amines) is 1. The lowest BCUT2D eigenvalue weighted by Crippen LogP contribution is -2.35. The molecule has 1 N–H and O–H groups in total. The van der Waals surface area contributed by atoms with Gasteiger partial charge in [-0.05, 0) is 50.3 Å². The van der Waals surface area contributed by atoms with Crippen molar-refractivity contribution in [2.24, 2.45) is 0 Å². The number of pyridine rings is 1. The van der Waals surface area contributed by atoms with E-state index in [2.05, 4.69) is 11.9 Å². The van der Waals surface area contributed by atoms with Gasteiger partial charge in [-0.2, -0.15) is 0 Å². The lowest BCUT2D eigenvalue weighted by Gasteiger charge is -2.26. The smallest absolute Gasteiger partial charge is 0.295 e. The van der Waals surface area contributed by atoms with E-state index < -0.39 is 17.7 Å². The molecule has 1 aromatic heterocycles. The van der Waals surface area contributed by atoms with Crippen LogP contribution in [-0.2, 0) is 9.59 Å². The van der Waals surface area contributed by atoms with E-state index in [0.717, 1.165) is 18.4 Å². The number of hydrogen-bond acceptors (Lipinski definition) is 6. The van der Waals surface area contributed by atoms with Gasteiger partial charge < -0.3 is 19.6 Å². The van der Waals surface area contributed by atoms with Crippen LogP contribution in [0.3, 0.4) is 0 Å². The molecule has 7 nitrogen and oxygen atoms in total. The lowest BCUT2D eigenvalue weighted by molar-refractivity contribution is -0.140. The zero-order chi connectivity index (χ0) is 22.4. The number of benzene rings is 1. The summed E-state index contributed by atoms with van der Waals surface area (Å²) < 4.78 is 5.74. The van der Waals surface area contributed by atoms with Gasteiger partial charge in [0.15, 0.2) is 0 Å². The third kappa shape index (κ3) is 5.11. The first kappa shape index (κ1) is 22.5. The summed E-state index contributed by atoms with van der Waals surface area (Å²) in [5.74, 6) is -0.885. The molecule has 1 fully saturated rings. The van der Waals surface area contributed by atoms with E-state index >= 15 is 0 Å². The highest BCUT2D eigenvalue weighted by Gasteiger charge is 2.45. The number of unbranched alkanes of at least 4 members (excludes halogenated alkanes) is 1. The first-order valence-electron chi connectivity index (χ1n) is 10.5. The Morgan fingerprint density at radius 1 is 1.19 bits per heavy atom. The minimum Gasteiger partial charge on any atom is -0.507 e. The second-order valence-corrected chi connectivity index (χ2v) is 7.81. The fourth-order valence-electron chi connectivity index (χ4n) is 3.53. The van der Waals surface area contributed by atoms with Crippen molar-refractivity contribution in [1.29, 1.82) is 0 Å².